The van der Waals surface area contributed by atoms with Crippen LogP contribution in [-0.2, 0) is 14.8 Å². The van der Waals surface area contributed by atoms with Gasteiger partial charge >= 0.3 is 0 Å². The van der Waals surface area contributed by atoms with Gasteiger partial charge < -0.3 is 5.32 Å². The Kier molecular flexibility index (Phi) is 7.92. The smallest absolute Gasteiger partial charge is 0.264 e. The molecule has 1 amide bonds. The normalized spacial score (nSPS) is 12.4. The van der Waals surface area contributed by atoms with Crippen LogP contribution in [0.25, 0.3) is 0 Å². The first-order chi connectivity index (χ1) is 15.7. The number of carbonyl (C=O) groups excluding carboxylic acids is 1. The van der Waals surface area contributed by atoms with Crippen LogP contribution >= 0.6 is 0 Å². The highest BCUT2D eigenvalue weighted by Crippen LogP contribution is 2.26. The average molecular weight is 465 g/mol. The SMILES string of the molecule is CCC(NC(=O)CN(c1ccc(C(C)C)cc1)S(=O)(=O)c1ccccc1)c1ccc(C)cc1. The second kappa shape index (κ2) is 10.7. The molecule has 0 fully saturated rings. The number of nitrogens with one attached hydrogen (secondary N) is 1. The standard InChI is InChI=1S/C27H32N2O3S/c1-5-26(23-13-11-21(4)12-14-23)28-27(30)19-29(24-17-15-22(16-18-24)20(2)3)33(31,32)25-9-7-6-8-10-25/h6-18,20,26H,5,19H2,1-4H3,(H,28,30). The number of sulfonamides is 1. The third kappa shape index (κ3) is 6.02. The summed E-state index contributed by atoms with van der Waals surface area (Å²) in [5.74, 6) is -0.0313. The Hall–Kier alpha value is -3.12. The van der Waals surface area contributed by atoms with Gasteiger partial charge in [-0.25, -0.2) is 8.42 Å². The summed E-state index contributed by atoms with van der Waals surface area (Å²) in [5, 5.41) is 3.01. The highest BCUT2D eigenvalue weighted by atomic mass is 32.2. The molecule has 0 heterocycles. The van der Waals surface area contributed by atoms with Crippen LogP contribution in [0.4, 0.5) is 5.69 Å². The summed E-state index contributed by atoms with van der Waals surface area (Å²) in [6.45, 7) is 7.86. The van der Waals surface area contributed by atoms with E-state index in [0.717, 1.165) is 16.7 Å². The van der Waals surface area contributed by atoms with E-state index in [9.17, 15) is 13.2 Å². The predicted octanol–water partition coefficient (Wildman–Crippen LogP) is 5.58. The van der Waals surface area contributed by atoms with Crippen LogP contribution in [0.2, 0.25) is 0 Å². The Morgan fingerprint density at radius 1 is 0.879 bits per heavy atom. The molecule has 33 heavy (non-hydrogen) atoms. The van der Waals surface area contributed by atoms with Crippen LogP contribution in [0.15, 0.2) is 83.8 Å². The molecule has 1 N–H and O–H groups in total. The molecule has 1 atom stereocenters. The monoisotopic (exact) mass is 464 g/mol. The number of nitrogens with zero attached hydrogens (tertiary/aromatic N) is 1. The fourth-order valence-corrected chi connectivity index (χ4v) is 5.09. The number of hydrogen-bond acceptors (Lipinski definition) is 3. The summed E-state index contributed by atoms with van der Waals surface area (Å²) in [7, 11) is -3.92. The van der Waals surface area contributed by atoms with E-state index in [2.05, 4.69) is 19.2 Å². The van der Waals surface area contributed by atoms with Gasteiger partial charge in [0.2, 0.25) is 5.91 Å². The largest absolute Gasteiger partial charge is 0.348 e. The zero-order valence-corrected chi connectivity index (χ0v) is 20.5. The molecule has 1 unspecified atom stereocenters. The van der Waals surface area contributed by atoms with Crippen LogP contribution in [0.1, 0.15) is 55.8 Å². The van der Waals surface area contributed by atoms with Crippen LogP contribution < -0.4 is 9.62 Å². The first-order valence-corrected chi connectivity index (χ1v) is 12.7. The number of anilines is 1. The second-order valence-corrected chi connectivity index (χ2v) is 10.4. The minimum Gasteiger partial charge on any atom is -0.348 e. The molecular formula is C27H32N2O3S. The van der Waals surface area contributed by atoms with Gasteiger partial charge in [-0.1, -0.05) is 80.9 Å². The van der Waals surface area contributed by atoms with Gasteiger partial charge in [-0.05, 0) is 54.7 Å². The lowest BCUT2D eigenvalue weighted by atomic mass is 10.0. The third-order valence-electron chi connectivity index (χ3n) is 5.69. The zero-order valence-electron chi connectivity index (χ0n) is 19.7. The predicted molar refractivity (Wildman–Crippen MR) is 134 cm³/mol. The zero-order chi connectivity index (χ0) is 24.0. The van der Waals surface area contributed by atoms with Crippen molar-refractivity contribution in [2.24, 2.45) is 0 Å². The Bertz CT molecular complexity index is 1160. The van der Waals surface area contributed by atoms with Gasteiger partial charge in [-0.2, -0.15) is 0 Å². The van der Waals surface area contributed by atoms with Crippen molar-refractivity contribution in [2.45, 2.75) is 51.0 Å². The molecule has 6 heteroatoms. The molecule has 3 aromatic carbocycles. The summed E-state index contributed by atoms with van der Waals surface area (Å²) < 4.78 is 28.2. The first kappa shape index (κ1) is 24.5. The fourth-order valence-electron chi connectivity index (χ4n) is 3.65. The quantitative estimate of drug-likeness (QED) is 0.449. The molecule has 5 nitrogen and oxygen atoms in total. The average Bonchev–Trinajstić information content (AvgIpc) is 2.82. The maximum Gasteiger partial charge on any atom is 0.264 e. The van der Waals surface area contributed by atoms with E-state index < -0.39 is 10.0 Å². The minimum atomic E-state index is -3.92. The van der Waals surface area contributed by atoms with Gasteiger partial charge in [0.25, 0.3) is 10.0 Å². The van der Waals surface area contributed by atoms with E-state index in [4.69, 9.17) is 0 Å². The Balaban J connectivity index is 1.90. The number of amides is 1. The lowest BCUT2D eigenvalue weighted by Gasteiger charge is -2.26. The maximum atomic E-state index is 13.5. The first-order valence-electron chi connectivity index (χ1n) is 11.3. The van der Waals surface area contributed by atoms with Crippen LogP contribution in [-0.4, -0.2) is 20.9 Å². The lowest BCUT2D eigenvalue weighted by Crippen LogP contribution is -2.42. The highest BCUT2D eigenvalue weighted by molar-refractivity contribution is 7.92. The number of aryl methyl sites for hydroxylation is 1. The van der Waals surface area contributed by atoms with Gasteiger partial charge in [-0.15, -0.1) is 0 Å². The molecular weight excluding hydrogens is 432 g/mol. The Labute approximate surface area is 197 Å². The summed E-state index contributed by atoms with van der Waals surface area (Å²) in [4.78, 5) is 13.2. The Morgan fingerprint density at radius 3 is 2.00 bits per heavy atom. The van der Waals surface area contributed by atoms with Crippen molar-refractivity contribution >= 4 is 21.6 Å². The van der Waals surface area contributed by atoms with E-state index in [-0.39, 0.29) is 23.4 Å². The molecule has 3 aromatic rings. The summed E-state index contributed by atoms with van der Waals surface area (Å²) in [5.41, 5.74) is 3.70. The van der Waals surface area contributed by atoms with Crippen molar-refractivity contribution in [1.29, 1.82) is 0 Å². The van der Waals surface area contributed by atoms with Gasteiger partial charge in [0.15, 0.2) is 0 Å². The molecule has 0 aliphatic heterocycles. The molecule has 0 bridgehead atoms. The summed E-state index contributed by atoms with van der Waals surface area (Å²) in [6.07, 6.45) is 0.698. The van der Waals surface area contributed by atoms with Gasteiger partial charge in [0, 0.05) is 0 Å². The maximum absolute atomic E-state index is 13.5. The molecule has 0 spiro atoms. The number of carbonyl (C=O) groups is 1. The number of benzene rings is 3. The topological polar surface area (TPSA) is 66.5 Å². The molecule has 3 rings (SSSR count). The lowest BCUT2D eigenvalue weighted by molar-refractivity contribution is -0.120. The van der Waals surface area contributed by atoms with Crippen LogP contribution in [0, 0.1) is 6.92 Å². The molecule has 0 aromatic heterocycles. The van der Waals surface area contributed by atoms with E-state index >= 15 is 0 Å². The van der Waals surface area contributed by atoms with E-state index in [1.165, 1.54) is 4.31 Å². The summed E-state index contributed by atoms with van der Waals surface area (Å²) in [6, 6.07) is 23.4. The molecule has 0 aliphatic rings. The fraction of sp³-hybridized carbons (Fsp3) is 0.296. The van der Waals surface area contributed by atoms with Crippen molar-refractivity contribution in [2.75, 3.05) is 10.8 Å². The molecule has 174 valence electrons. The molecule has 0 saturated heterocycles. The van der Waals surface area contributed by atoms with Gasteiger partial charge in [0.05, 0.1) is 16.6 Å². The van der Waals surface area contributed by atoms with Crippen molar-refractivity contribution in [1.82, 2.24) is 5.32 Å². The molecule has 0 aliphatic carbocycles. The van der Waals surface area contributed by atoms with Crippen molar-refractivity contribution in [3.8, 4) is 0 Å². The second-order valence-electron chi connectivity index (χ2n) is 8.51. The van der Waals surface area contributed by atoms with E-state index in [1.807, 2.05) is 50.2 Å². The van der Waals surface area contributed by atoms with E-state index in [0.29, 0.717) is 18.0 Å². The Morgan fingerprint density at radius 2 is 1.45 bits per heavy atom. The number of hydrogen-bond donors (Lipinski definition) is 1. The van der Waals surface area contributed by atoms with Crippen molar-refractivity contribution < 1.29 is 13.2 Å². The van der Waals surface area contributed by atoms with Gasteiger partial charge in [0.1, 0.15) is 6.54 Å². The van der Waals surface area contributed by atoms with Crippen LogP contribution in [0.3, 0.4) is 0 Å². The minimum absolute atomic E-state index is 0.149. The summed E-state index contributed by atoms with van der Waals surface area (Å²) >= 11 is 0. The molecule has 0 radical (unpaired) electrons. The molecule has 0 saturated carbocycles. The van der Waals surface area contributed by atoms with Crippen LogP contribution in [0.5, 0.6) is 0 Å². The highest BCUT2D eigenvalue weighted by Gasteiger charge is 2.28. The van der Waals surface area contributed by atoms with E-state index in [1.54, 1.807) is 42.5 Å². The number of rotatable bonds is 9. The third-order valence-corrected chi connectivity index (χ3v) is 7.48. The van der Waals surface area contributed by atoms with Crippen molar-refractivity contribution in [3.63, 3.8) is 0 Å². The van der Waals surface area contributed by atoms with Crippen molar-refractivity contribution in [3.05, 3.63) is 95.6 Å². The van der Waals surface area contributed by atoms with Gasteiger partial charge in [-0.3, -0.25) is 9.10 Å².